The van der Waals surface area contributed by atoms with Gasteiger partial charge >= 0.3 is 0 Å². The Morgan fingerprint density at radius 2 is 1.76 bits per heavy atom. The summed E-state index contributed by atoms with van der Waals surface area (Å²) < 4.78 is 12.0. The molecule has 0 aromatic heterocycles. The lowest BCUT2D eigenvalue weighted by Gasteiger charge is -2.22. The van der Waals surface area contributed by atoms with Gasteiger partial charge in [-0.05, 0) is 55.3 Å². The van der Waals surface area contributed by atoms with E-state index in [0.717, 1.165) is 29.7 Å². The van der Waals surface area contributed by atoms with Gasteiger partial charge in [-0.25, -0.2) is 0 Å². The van der Waals surface area contributed by atoms with Crippen LogP contribution in [-0.2, 0) is 4.79 Å². The van der Waals surface area contributed by atoms with Crippen molar-refractivity contribution in [1.82, 2.24) is 4.90 Å². The van der Waals surface area contributed by atoms with Gasteiger partial charge < -0.3 is 14.4 Å². The third-order valence-electron chi connectivity index (χ3n) is 4.56. The monoisotopic (exact) mass is 403 g/mol. The second-order valence-corrected chi connectivity index (χ2v) is 7.17. The van der Waals surface area contributed by atoms with Crippen molar-refractivity contribution in [2.45, 2.75) is 25.4 Å². The minimum absolute atomic E-state index is 0.0407. The average molecular weight is 404 g/mol. The summed E-state index contributed by atoms with van der Waals surface area (Å²) in [5, 5.41) is 0. The fraction of sp³-hybridized carbons (Fsp3) is 0.350. The maximum atomic E-state index is 12.7. The summed E-state index contributed by atoms with van der Waals surface area (Å²) in [5.74, 6) is 1.97. The highest BCUT2D eigenvalue weighted by Gasteiger charge is 2.30. The molecule has 1 aliphatic heterocycles. The van der Waals surface area contributed by atoms with E-state index >= 15 is 0 Å². The van der Waals surface area contributed by atoms with Gasteiger partial charge in [0.1, 0.15) is 11.5 Å². The van der Waals surface area contributed by atoms with Gasteiger partial charge in [0.05, 0.1) is 7.11 Å². The number of carbonyl (C=O) groups excluding carboxylic acids is 1. The summed E-state index contributed by atoms with van der Waals surface area (Å²) >= 11 is 3.39. The van der Waals surface area contributed by atoms with Gasteiger partial charge in [0, 0.05) is 23.5 Å². The standard InChI is InChI=1S/C20H22BrNO3/c1-14(25-19-9-5-17(21)6-10-19)20(23)22-12-11-16(13-22)15-3-7-18(24-2)8-4-15/h3-10,14,16H,11-13H2,1-2H3. The van der Waals surface area contributed by atoms with Crippen LogP contribution in [0.25, 0.3) is 0 Å². The second kappa shape index (κ2) is 7.91. The number of rotatable bonds is 5. The fourth-order valence-corrected chi connectivity index (χ4v) is 3.40. The van der Waals surface area contributed by atoms with Gasteiger partial charge in [-0.3, -0.25) is 4.79 Å². The highest BCUT2D eigenvalue weighted by molar-refractivity contribution is 9.10. The van der Waals surface area contributed by atoms with Crippen molar-refractivity contribution < 1.29 is 14.3 Å². The Hall–Kier alpha value is -2.01. The van der Waals surface area contributed by atoms with Crippen LogP contribution in [0.15, 0.2) is 53.0 Å². The molecular formula is C20H22BrNO3. The molecule has 2 aromatic carbocycles. The molecule has 2 aromatic rings. The Morgan fingerprint density at radius 1 is 1.12 bits per heavy atom. The molecule has 0 radical (unpaired) electrons. The number of likely N-dealkylation sites (tertiary alicyclic amines) is 1. The lowest BCUT2D eigenvalue weighted by Crippen LogP contribution is -2.39. The van der Waals surface area contributed by atoms with Crippen molar-refractivity contribution in [3.8, 4) is 11.5 Å². The molecule has 1 fully saturated rings. The Bertz CT molecular complexity index is 715. The van der Waals surface area contributed by atoms with Crippen molar-refractivity contribution in [1.29, 1.82) is 0 Å². The SMILES string of the molecule is COc1ccc(C2CCN(C(=O)C(C)Oc3ccc(Br)cc3)C2)cc1. The molecule has 4 nitrogen and oxygen atoms in total. The van der Waals surface area contributed by atoms with E-state index in [1.54, 1.807) is 7.11 Å². The zero-order chi connectivity index (χ0) is 17.8. The van der Waals surface area contributed by atoms with Crippen LogP contribution >= 0.6 is 15.9 Å². The summed E-state index contributed by atoms with van der Waals surface area (Å²) in [6.07, 6.45) is 0.485. The van der Waals surface area contributed by atoms with Crippen LogP contribution in [0.2, 0.25) is 0 Å². The first-order valence-corrected chi connectivity index (χ1v) is 9.21. The highest BCUT2D eigenvalue weighted by atomic mass is 79.9. The number of methoxy groups -OCH3 is 1. The third kappa shape index (κ3) is 4.34. The lowest BCUT2D eigenvalue weighted by molar-refractivity contribution is -0.136. The fourth-order valence-electron chi connectivity index (χ4n) is 3.13. The molecule has 1 heterocycles. The molecular weight excluding hydrogens is 382 g/mol. The maximum absolute atomic E-state index is 12.7. The first-order valence-electron chi connectivity index (χ1n) is 8.42. The first kappa shape index (κ1) is 17.8. The molecule has 3 rings (SSSR count). The normalized spacial score (nSPS) is 18.0. The molecule has 1 aliphatic rings. The predicted molar refractivity (Wildman–Crippen MR) is 101 cm³/mol. The highest BCUT2D eigenvalue weighted by Crippen LogP contribution is 2.29. The molecule has 132 valence electrons. The summed E-state index contributed by atoms with van der Waals surface area (Å²) in [5.41, 5.74) is 1.25. The van der Waals surface area contributed by atoms with Crippen LogP contribution < -0.4 is 9.47 Å². The van der Waals surface area contributed by atoms with Crippen LogP contribution in [0, 0.1) is 0 Å². The summed E-state index contributed by atoms with van der Waals surface area (Å²) in [4.78, 5) is 14.6. The van der Waals surface area contributed by atoms with E-state index in [4.69, 9.17) is 9.47 Å². The van der Waals surface area contributed by atoms with E-state index in [9.17, 15) is 4.79 Å². The van der Waals surface area contributed by atoms with E-state index in [1.807, 2.05) is 48.2 Å². The van der Waals surface area contributed by atoms with Crippen LogP contribution in [0.5, 0.6) is 11.5 Å². The molecule has 0 spiro atoms. The zero-order valence-corrected chi connectivity index (χ0v) is 16.0. The lowest BCUT2D eigenvalue weighted by atomic mass is 9.98. The quantitative estimate of drug-likeness (QED) is 0.748. The molecule has 0 N–H and O–H groups in total. The number of benzene rings is 2. The van der Waals surface area contributed by atoms with Gasteiger partial charge in [0.2, 0.25) is 0 Å². The van der Waals surface area contributed by atoms with E-state index in [-0.39, 0.29) is 5.91 Å². The van der Waals surface area contributed by atoms with Gasteiger partial charge in [0.25, 0.3) is 5.91 Å². The molecule has 0 bridgehead atoms. The minimum Gasteiger partial charge on any atom is -0.497 e. The molecule has 1 saturated heterocycles. The van der Waals surface area contributed by atoms with Crippen molar-refractivity contribution in [3.05, 3.63) is 58.6 Å². The number of carbonyl (C=O) groups is 1. The van der Waals surface area contributed by atoms with Gasteiger partial charge in [-0.15, -0.1) is 0 Å². The number of hydrogen-bond acceptors (Lipinski definition) is 3. The smallest absolute Gasteiger partial charge is 0.263 e. The van der Waals surface area contributed by atoms with Crippen molar-refractivity contribution in [2.24, 2.45) is 0 Å². The van der Waals surface area contributed by atoms with Gasteiger partial charge in [-0.2, -0.15) is 0 Å². The van der Waals surface area contributed by atoms with Crippen LogP contribution in [-0.4, -0.2) is 37.1 Å². The van der Waals surface area contributed by atoms with E-state index in [0.29, 0.717) is 11.7 Å². The Balaban J connectivity index is 1.58. The van der Waals surface area contributed by atoms with Crippen LogP contribution in [0.3, 0.4) is 0 Å². The third-order valence-corrected chi connectivity index (χ3v) is 5.09. The van der Waals surface area contributed by atoms with E-state index < -0.39 is 6.10 Å². The van der Waals surface area contributed by atoms with Crippen molar-refractivity contribution in [3.63, 3.8) is 0 Å². The number of hydrogen-bond donors (Lipinski definition) is 0. The van der Waals surface area contributed by atoms with Crippen molar-refractivity contribution >= 4 is 21.8 Å². The van der Waals surface area contributed by atoms with Crippen molar-refractivity contribution in [2.75, 3.05) is 20.2 Å². The van der Waals surface area contributed by atoms with Crippen LogP contribution in [0.1, 0.15) is 24.8 Å². The van der Waals surface area contributed by atoms with E-state index in [1.165, 1.54) is 5.56 Å². The molecule has 0 saturated carbocycles. The Labute approximate surface area is 156 Å². The van der Waals surface area contributed by atoms with Gasteiger partial charge in [0.15, 0.2) is 6.10 Å². The molecule has 2 unspecified atom stereocenters. The van der Waals surface area contributed by atoms with Crippen LogP contribution in [0.4, 0.5) is 0 Å². The topological polar surface area (TPSA) is 38.8 Å². The maximum Gasteiger partial charge on any atom is 0.263 e. The summed E-state index contributed by atoms with van der Waals surface area (Å²) in [6.45, 7) is 3.31. The molecule has 5 heteroatoms. The number of ether oxygens (including phenoxy) is 2. The summed E-state index contributed by atoms with van der Waals surface area (Å²) in [6, 6.07) is 15.6. The molecule has 25 heavy (non-hydrogen) atoms. The molecule has 1 amide bonds. The number of halogens is 1. The number of amides is 1. The Kier molecular flexibility index (Phi) is 5.63. The number of nitrogens with zero attached hydrogens (tertiary/aromatic N) is 1. The van der Waals surface area contributed by atoms with E-state index in [2.05, 4.69) is 28.1 Å². The second-order valence-electron chi connectivity index (χ2n) is 6.26. The zero-order valence-electron chi connectivity index (χ0n) is 14.4. The van der Waals surface area contributed by atoms with Gasteiger partial charge in [-0.1, -0.05) is 28.1 Å². The minimum atomic E-state index is -0.490. The Morgan fingerprint density at radius 3 is 2.40 bits per heavy atom. The predicted octanol–water partition coefficient (Wildman–Crippen LogP) is 4.24. The first-order chi connectivity index (χ1) is 12.1. The molecule has 2 atom stereocenters. The largest absolute Gasteiger partial charge is 0.497 e. The average Bonchev–Trinajstić information content (AvgIpc) is 3.13. The molecule has 0 aliphatic carbocycles. The summed E-state index contributed by atoms with van der Waals surface area (Å²) in [7, 11) is 1.66.